The molecule has 0 spiro atoms. The fourth-order valence-corrected chi connectivity index (χ4v) is 4.66. The number of benzene rings is 1. The second kappa shape index (κ2) is 6.38. The molecule has 0 bridgehead atoms. The molecule has 0 saturated carbocycles. The van der Waals surface area contributed by atoms with Gasteiger partial charge >= 0.3 is 0 Å². The number of fused-ring (bicyclic) bond motifs is 1. The summed E-state index contributed by atoms with van der Waals surface area (Å²) in [7, 11) is 1.87. The fourth-order valence-electron chi connectivity index (χ4n) is 3.18. The maximum absolute atomic E-state index is 12.9. The minimum atomic E-state index is 0.0561. The van der Waals surface area contributed by atoms with Crippen LogP contribution in [-0.2, 0) is 20.0 Å². The molecule has 4 rings (SSSR count). The molecule has 1 aliphatic rings. The number of amides is 1. The van der Waals surface area contributed by atoms with Crippen molar-refractivity contribution in [1.82, 2.24) is 19.7 Å². The third-order valence-corrected chi connectivity index (χ3v) is 5.98. The lowest BCUT2D eigenvalue weighted by Gasteiger charge is -2.29. The number of aromatic nitrogens is 3. The molecule has 0 N–H and O–H groups in total. The summed E-state index contributed by atoms with van der Waals surface area (Å²) < 4.78 is 2.84. The number of nitrogens with zero attached hydrogens (tertiary/aromatic N) is 4. The average Bonchev–Trinajstić information content (AvgIpc) is 3.22. The molecule has 0 fully saturated rings. The van der Waals surface area contributed by atoms with Crippen LogP contribution in [0.15, 0.2) is 35.2 Å². The predicted octanol–water partition coefficient (Wildman–Crippen LogP) is 3.81. The number of rotatable bonds is 2. The van der Waals surface area contributed by atoms with Gasteiger partial charge in [0.1, 0.15) is 9.88 Å². The van der Waals surface area contributed by atoms with Crippen molar-refractivity contribution in [2.45, 2.75) is 19.9 Å². The van der Waals surface area contributed by atoms with Gasteiger partial charge in [-0.2, -0.15) is 5.10 Å². The summed E-state index contributed by atoms with van der Waals surface area (Å²) in [6.45, 7) is 3.50. The van der Waals surface area contributed by atoms with Crippen LogP contribution in [0.5, 0.6) is 0 Å². The molecule has 0 saturated heterocycles. The number of hydrogen-bond acceptors (Lipinski definition) is 4. The van der Waals surface area contributed by atoms with E-state index in [0.29, 0.717) is 11.4 Å². The van der Waals surface area contributed by atoms with Crippen LogP contribution in [0.2, 0.25) is 0 Å². The van der Waals surface area contributed by atoms with E-state index >= 15 is 0 Å². The van der Waals surface area contributed by atoms with Crippen molar-refractivity contribution in [3.8, 4) is 10.6 Å². The summed E-state index contributed by atoms with van der Waals surface area (Å²) in [4.78, 5) is 19.9. The van der Waals surface area contributed by atoms with E-state index in [1.165, 1.54) is 28.0 Å². The molecule has 1 amide bonds. The first-order chi connectivity index (χ1) is 12.0. The fraction of sp³-hybridized carbons (Fsp3) is 0.278. The maximum atomic E-state index is 12.9. The molecule has 1 aromatic carbocycles. The highest BCUT2D eigenvalue weighted by Gasteiger charge is 2.25. The molecule has 7 heteroatoms. The van der Waals surface area contributed by atoms with E-state index in [-0.39, 0.29) is 5.91 Å². The summed E-state index contributed by atoms with van der Waals surface area (Å²) in [6, 6.07) is 4.28. The summed E-state index contributed by atoms with van der Waals surface area (Å²) in [5.41, 5.74) is 4.76. The minimum Gasteiger partial charge on any atom is -0.333 e. The molecule has 2 aromatic heterocycles. The Morgan fingerprint density at radius 1 is 1.32 bits per heavy atom. The van der Waals surface area contributed by atoms with Gasteiger partial charge in [-0.3, -0.25) is 9.48 Å². The number of aryl methyl sites for hydroxylation is 2. The number of thiazole rings is 1. The third kappa shape index (κ3) is 3.14. The molecule has 3 aromatic rings. The van der Waals surface area contributed by atoms with Crippen molar-refractivity contribution < 1.29 is 4.79 Å². The predicted molar refractivity (Wildman–Crippen MR) is 102 cm³/mol. The molecular weight excluding hydrogens is 400 g/mol. The Balaban J connectivity index is 1.57. The van der Waals surface area contributed by atoms with Crippen molar-refractivity contribution in [3.05, 3.63) is 56.8 Å². The second-order valence-corrected chi connectivity index (χ2v) is 8.22. The molecule has 5 nitrogen and oxygen atoms in total. The molecule has 0 unspecified atom stereocenters. The van der Waals surface area contributed by atoms with Crippen LogP contribution < -0.4 is 0 Å². The molecule has 0 atom stereocenters. The van der Waals surface area contributed by atoms with Crippen LogP contribution in [0.1, 0.15) is 26.4 Å². The van der Waals surface area contributed by atoms with Crippen molar-refractivity contribution >= 4 is 33.2 Å². The third-order valence-electron chi connectivity index (χ3n) is 4.49. The van der Waals surface area contributed by atoms with Crippen LogP contribution in [0.3, 0.4) is 0 Å². The van der Waals surface area contributed by atoms with Gasteiger partial charge < -0.3 is 4.90 Å². The van der Waals surface area contributed by atoms with Gasteiger partial charge in [-0.25, -0.2) is 4.98 Å². The molecule has 128 valence electrons. The zero-order valence-corrected chi connectivity index (χ0v) is 16.4. The van der Waals surface area contributed by atoms with Crippen LogP contribution in [0.25, 0.3) is 10.6 Å². The van der Waals surface area contributed by atoms with Crippen molar-refractivity contribution in [2.75, 3.05) is 6.54 Å². The van der Waals surface area contributed by atoms with E-state index in [1.54, 1.807) is 17.1 Å². The summed E-state index contributed by atoms with van der Waals surface area (Å²) in [5, 5.41) is 4.99. The van der Waals surface area contributed by atoms with Gasteiger partial charge in [-0.15, -0.1) is 11.3 Å². The van der Waals surface area contributed by atoms with Crippen molar-refractivity contribution in [1.29, 1.82) is 0 Å². The summed E-state index contributed by atoms with van der Waals surface area (Å²) in [5.74, 6) is 0.0561. The lowest BCUT2D eigenvalue weighted by atomic mass is 9.95. The lowest BCUT2D eigenvalue weighted by molar-refractivity contribution is 0.0739. The van der Waals surface area contributed by atoms with Crippen molar-refractivity contribution in [2.24, 2.45) is 7.05 Å². The Hall–Kier alpha value is -1.99. The van der Waals surface area contributed by atoms with Gasteiger partial charge in [0.2, 0.25) is 0 Å². The summed E-state index contributed by atoms with van der Waals surface area (Å²) >= 11 is 4.98. The standard InChI is InChI=1S/C18H17BrN4OS/c1-11-5-14(19)6-12-3-4-23(10-15(11)12)18(24)16-8-20-17(25-16)13-7-21-22(2)9-13/h5-9H,3-4,10H2,1-2H3. The zero-order chi connectivity index (χ0) is 17.6. The van der Waals surface area contributed by atoms with E-state index in [4.69, 9.17) is 0 Å². The maximum Gasteiger partial charge on any atom is 0.265 e. The summed E-state index contributed by atoms with van der Waals surface area (Å²) in [6.07, 6.45) is 6.24. The molecule has 0 aliphatic carbocycles. The van der Waals surface area contributed by atoms with Gasteiger partial charge in [-0.1, -0.05) is 15.9 Å². The average molecular weight is 417 g/mol. The zero-order valence-electron chi connectivity index (χ0n) is 14.0. The highest BCUT2D eigenvalue weighted by Crippen LogP contribution is 2.29. The van der Waals surface area contributed by atoms with Crippen LogP contribution in [-0.4, -0.2) is 32.1 Å². The first kappa shape index (κ1) is 16.5. The molecule has 0 radical (unpaired) electrons. The van der Waals surface area contributed by atoms with Crippen LogP contribution in [0.4, 0.5) is 0 Å². The Morgan fingerprint density at radius 3 is 2.92 bits per heavy atom. The number of halogens is 1. The van der Waals surface area contributed by atoms with Gasteiger partial charge in [0.25, 0.3) is 5.91 Å². The number of carbonyl (C=O) groups excluding carboxylic acids is 1. The molecule has 25 heavy (non-hydrogen) atoms. The van der Waals surface area contributed by atoms with E-state index < -0.39 is 0 Å². The van der Waals surface area contributed by atoms with E-state index in [2.05, 4.69) is 45.1 Å². The van der Waals surface area contributed by atoms with E-state index in [0.717, 1.165) is 28.0 Å². The highest BCUT2D eigenvalue weighted by atomic mass is 79.9. The van der Waals surface area contributed by atoms with Gasteiger partial charge in [-0.05, 0) is 42.2 Å². The van der Waals surface area contributed by atoms with Gasteiger partial charge in [0.15, 0.2) is 0 Å². The number of carbonyl (C=O) groups is 1. The molecular formula is C18H17BrN4OS. The van der Waals surface area contributed by atoms with Gasteiger partial charge in [0, 0.05) is 36.4 Å². The van der Waals surface area contributed by atoms with Crippen molar-refractivity contribution in [3.63, 3.8) is 0 Å². The van der Waals surface area contributed by atoms with Crippen LogP contribution >= 0.6 is 27.3 Å². The normalized spacial score (nSPS) is 13.8. The topological polar surface area (TPSA) is 51.0 Å². The van der Waals surface area contributed by atoms with Crippen LogP contribution in [0, 0.1) is 6.92 Å². The molecule has 3 heterocycles. The van der Waals surface area contributed by atoms with E-state index in [1.807, 2.05) is 18.1 Å². The SMILES string of the molecule is Cc1cc(Br)cc2c1CN(C(=O)c1cnc(-c3cnn(C)c3)s1)CC2. The first-order valence-corrected chi connectivity index (χ1v) is 9.64. The molecule has 1 aliphatic heterocycles. The lowest BCUT2D eigenvalue weighted by Crippen LogP contribution is -2.36. The number of hydrogen-bond donors (Lipinski definition) is 0. The first-order valence-electron chi connectivity index (χ1n) is 8.03. The highest BCUT2D eigenvalue weighted by molar-refractivity contribution is 9.10. The Kier molecular flexibility index (Phi) is 4.21. The van der Waals surface area contributed by atoms with E-state index in [9.17, 15) is 4.79 Å². The monoisotopic (exact) mass is 416 g/mol. The minimum absolute atomic E-state index is 0.0561. The Bertz CT molecular complexity index is 962. The largest absolute Gasteiger partial charge is 0.333 e. The smallest absolute Gasteiger partial charge is 0.265 e. The van der Waals surface area contributed by atoms with Gasteiger partial charge in [0.05, 0.1) is 12.4 Å². The quantitative estimate of drug-likeness (QED) is 0.637. The Morgan fingerprint density at radius 2 is 2.16 bits per heavy atom. The second-order valence-electron chi connectivity index (χ2n) is 6.27. The Labute approximate surface area is 158 Å².